The molecule has 0 saturated carbocycles. The molecule has 1 aromatic carbocycles. The quantitative estimate of drug-likeness (QED) is 0.275. The van der Waals surface area contributed by atoms with Gasteiger partial charge in [0.2, 0.25) is 17.7 Å². The second kappa shape index (κ2) is 11.3. The summed E-state index contributed by atoms with van der Waals surface area (Å²) in [6.07, 6.45) is 2.17. The molecular formula is C22H31N5O5. The molecule has 10 nitrogen and oxygen atoms in total. The Labute approximate surface area is 186 Å². The van der Waals surface area contributed by atoms with E-state index in [1.165, 1.54) is 0 Å². The van der Waals surface area contributed by atoms with Gasteiger partial charge in [0.1, 0.15) is 12.1 Å². The summed E-state index contributed by atoms with van der Waals surface area (Å²) in [5, 5.41) is 15.5. The van der Waals surface area contributed by atoms with E-state index >= 15 is 0 Å². The van der Waals surface area contributed by atoms with E-state index in [4.69, 9.17) is 11.5 Å². The standard InChI is InChI=1S/C22H31N5O5/c1-3-12(2)19(24)21(30)26-16(8-9-18(23)28)20(29)27-17(22(31)32)10-13-11-25-15-7-5-4-6-14(13)15/h4-7,11-12,16-17,19,25H,3,8-10,24H2,1-2H3,(H2,23,28)(H,26,30)(H,27,29)(H,31,32)/t12-,16-,17-,19-/m0/s1. The molecule has 0 aliphatic rings. The predicted molar refractivity (Wildman–Crippen MR) is 119 cm³/mol. The Hall–Kier alpha value is -3.40. The molecular weight excluding hydrogens is 414 g/mol. The number of aliphatic carboxylic acids is 1. The number of hydrogen-bond acceptors (Lipinski definition) is 5. The summed E-state index contributed by atoms with van der Waals surface area (Å²) in [6.45, 7) is 3.70. The summed E-state index contributed by atoms with van der Waals surface area (Å²) >= 11 is 0. The lowest BCUT2D eigenvalue weighted by molar-refractivity contribution is -0.142. The maximum Gasteiger partial charge on any atom is 0.326 e. The Balaban J connectivity index is 2.15. The van der Waals surface area contributed by atoms with Gasteiger partial charge in [0.25, 0.3) is 0 Å². The number of carboxylic acid groups (broad SMARTS) is 1. The van der Waals surface area contributed by atoms with E-state index in [2.05, 4.69) is 15.6 Å². The van der Waals surface area contributed by atoms with Gasteiger partial charge in [-0.3, -0.25) is 14.4 Å². The molecule has 8 N–H and O–H groups in total. The van der Waals surface area contributed by atoms with Gasteiger partial charge in [-0.05, 0) is 24.0 Å². The van der Waals surface area contributed by atoms with Crippen molar-refractivity contribution in [2.75, 3.05) is 0 Å². The van der Waals surface area contributed by atoms with Gasteiger partial charge in [-0.2, -0.15) is 0 Å². The molecule has 0 saturated heterocycles. The molecule has 4 atom stereocenters. The Morgan fingerprint density at radius 1 is 1.09 bits per heavy atom. The second-order valence-electron chi connectivity index (χ2n) is 7.94. The molecule has 0 spiro atoms. The average Bonchev–Trinajstić information content (AvgIpc) is 3.17. The third kappa shape index (κ3) is 6.55. The van der Waals surface area contributed by atoms with Crippen LogP contribution >= 0.6 is 0 Å². The maximum absolute atomic E-state index is 12.9. The van der Waals surface area contributed by atoms with E-state index in [9.17, 15) is 24.3 Å². The second-order valence-corrected chi connectivity index (χ2v) is 7.94. The largest absolute Gasteiger partial charge is 0.480 e. The van der Waals surface area contributed by atoms with Crippen molar-refractivity contribution in [3.05, 3.63) is 36.0 Å². The molecule has 1 heterocycles. The van der Waals surface area contributed by atoms with Crippen molar-refractivity contribution >= 4 is 34.6 Å². The minimum absolute atomic E-state index is 0.0357. The molecule has 0 bridgehead atoms. The van der Waals surface area contributed by atoms with E-state index in [1.54, 1.807) is 6.20 Å². The van der Waals surface area contributed by atoms with Crippen molar-refractivity contribution in [2.45, 2.75) is 57.7 Å². The van der Waals surface area contributed by atoms with Crippen LogP contribution in [0.1, 0.15) is 38.7 Å². The summed E-state index contributed by atoms with van der Waals surface area (Å²) in [5.41, 5.74) is 12.7. The molecule has 0 unspecified atom stereocenters. The van der Waals surface area contributed by atoms with Gasteiger partial charge in [0.15, 0.2) is 0 Å². The fraction of sp³-hybridized carbons (Fsp3) is 0.455. The van der Waals surface area contributed by atoms with Crippen LogP contribution in [0, 0.1) is 5.92 Å². The van der Waals surface area contributed by atoms with Crippen molar-refractivity contribution in [1.29, 1.82) is 0 Å². The third-order valence-corrected chi connectivity index (χ3v) is 5.59. The molecule has 10 heteroatoms. The number of hydrogen-bond donors (Lipinski definition) is 6. The SMILES string of the molecule is CC[C@H](C)[C@H](N)C(=O)N[C@@H](CCC(N)=O)C(=O)N[C@@H](Cc1c[nH]c2ccccc12)C(=O)O. The van der Waals surface area contributed by atoms with Crippen molar-refractivity contribution in [2.24, 2.45) is 17.4 Å². The molecule has 32 heavy (non-hydrogen) atoms. The first-order valence-corrected chi connectivity index (χ1v) is 10.6. The van der Waals surface area contributed by atoms with Gasteiger partial charge in [-0.25, -0.2) is 4.79 Å². The van der Waals surface area contributed by atoms with E-state index in [0.29, 0.717) is 6.42 Å². The summed E-state index contributed by atoms with van der Waals surface area (Å²) in [7, 11) is 0. The fourth-order valence-corrected chi connectivity index (χ4v) is 3.33. The Kier molecular flexibility index (Phi) is 8.77. The molecule has 174 valence electrons. The van der Waals surface area contributed by atoms with Crippen LogP contribution in [0.25, 0.3) is 10.9 Å². The Morgan fingerprint density at radius 2 is 1.75 bits per heavy atom. The number of nitrogens with two attached hydrogens (primary N) is 2. The van der Waals surface area contributed by atoms with E-state index < -0.39 is 41.8 Å². The fourth-order valence-electron chi connectivity index (χ4n) is 3.33. The lowest BCUT2D eigenvalue weighted by Crippen LogP contribution is -2.55. The first-order chi connectivity index (χ1) is 15.1. The van der Waals surface area contributed by atoms with Crippen LogP contribution in [0.15, 0.2) is 30.5 Å². The van der Waals surface area contributed by atoms with Crippen LogP contribution in [-0.2, 0) is 25.6 Å². The van der Waals surface area contributed by atoms with Crippen molar-refractivity contribution in [3.63, 3.8) is 0 Å². The Morgan fingerprint density at radius 3 is 2.38 bits per heavy atom. The molecule has 0 aliphatic carbocycles. The van der Waals surface area contributed by atoms with Gasteiger partial charge in [0.05, 0.1) is 6.04 Å². The number of carbonyl (C=O) groups excluding carboxylic acids is 3. The molecule has 2 aromatic rings. The van der Waals surface area contributed by atoms with E-state index in [-0.39, 0.29) is 25.2 Å². The molecule has 0 aliphatic heterocycles. The number of amides is 3. The molecule has 0 radical (unpaired) electrons. The highest BCUT2D eigenvalue weighted by Gasteiger charge is 2.29. The van der Waals surface area contributed by atoms with E-state index in [1.807, 2.05) is 38.1 Å². The summed E-state index contributed by atoms with van der Waals surface area (Å²) in [4.78, 5) is 51.5. The zero-order chi connectivity index (χ0) is 23.8. The monoisotopic (exact) mass is 445 g/mol. The van der Waals surface area contributed by atoms with Crippen LogP contribution in [0.5, 0.6) is 0 Å². The van der Waals surface area contributed by atoms with Crippen LogP contribution in [0.3, 0.4) is 0 Å². The summed E-state index contributed by atoms with van der Waals surface area (Å²) in [5.74, 6) is -3.25. The minimum Gasteiger partial charge on any atom is -0.480 e. The molecule has 1 aromatic heterocycles. The number of rotatable bonds is 12. The van der Waals surface area contributed by atoms with Crippen molar-refractivity contribution in [1.82, 2.24) is 15.6 Å². The third-order valence-electron chi connectivity index (χ3n) is 5.59. The number of primary amides is 1. The van der Waals surface area contributed by atoms with Gasteiger partial charge in [-0.1, -0.05) is 38.5 Å². The van der Waals surface area contributed by atoms with E-state index in [0.717, 1.165) is 16.5 Å². The molecule has 2 rings (SSSR count). The number of nitrogens with one attached hydrogen (secondary N) is 3. The lowest BCUT2D eigenvalue weighted by Gasteiger charge is -2.24. The van der Waals surface area contributed by atoms with Crippen LogP contribution in [0.4, 0.5) is 0 Å². The number of aromatic nitrogens is 1. The highest BCUT2D eigenvalue weighted by atomic mass is 16.4. The highest BCUT2D eigenvalue weighted by molar-refractivity contribution is 5.92. The van der Waals surface area contributed by atoms with Gasteiger partial charge in [-0.15, -0.1) is 0 Å². The first-order valence-electron chi connectivity index (χ1n) is 10.6. The first kappa shape index (κ1) is 24.9. The minimum atomic E-state index is -1.24. The maximum atomic E-state index is 12.9. The summed E-state index contributed by atoms with van der Waals surface area (Å²) in [6, 6.07) is 4.19. The highest BCUT2D eigenvalue weighted by Crippen LogP contribution is 2.19. The number of carboxylic acids is 1. The Bertz CT molecular complexity index is 973. The van der Waals surface area contributed by atoms with Crippen LogP contribution in [0.2, 0.25) is 0 Å². The van der Waals surface area contributed by atoms with Gasteiger partial charge >= 0.3 is 5.97 Å². The number of para-hydroxylation sites is 1. The topological polar surface area (TPSA) is 180 Å². The molecule has 0 fully saturated rings. The smallest absolute Gasteiger partial charge is 0.326 e. The average molecular weight is 446 g/mol. The van der Waals surface area contributed by atoms with Crippen LogP contribution in [-0.4, -0.2) is 51.9 Å². The van der Waals surface area contributed by atoms with Crippen molar-refractivity contribution < 1.29 is 24.3 Å². The number of carbonyl (C=O) groups is 4. The number of benzene rings is 1. The summed E-state index contributed by atoms with van der Waals surface area (Å²) < 4.78 is 0. The molecule has 3 amide bonds. The number of fused-ring (bicyclic) bond motifs is 1. The zero-order valence-corrected chi connectivity index (χ0v) is 18.3. The number of H-pyrrole nitrogens is 1. The predicted octanol–water partition coefficient (Wildman–Crippen LogP) is 0.404. The normalized spacial score (nSPS) is 14.8. The zero-order valence-electron chi connectivity index (χ0n) is 18.3. The van der Waals surface area contributed by atoms with Crippen molar-refractivity contribution in [3.8, 4) is 0 Å². The van der Waals surface area contributed by atoms with Gasteiger partial charge in [0, 0.05) is 29.9 Å². The number of aromatic amines is 1. The lowest BCUT2D eigenvalue weighted by atomic mass is 9.98. The van der Waals surface area contributed by atoms with Crippen LogP contribution < -0.4 is 22.1 Å². The van der Waals surface area contributed by atoms with Gasteiger partial charge < -0.3 is 32.2 Å².